The minimum absolute atomic E-state index is 0.295. The Morgan fingerprint density at radius 1 is 1.11 bits per heavy atom. The van der Waals surface area contributed by atoms with Gasteiger partial charge in [0.05, 0.1) is 12.8 Å². The molecule has 2 aliphatic heterocycles. The van der Waals surface area contributed by atoms with Gasteiger partial charge in [-0.15, -0.1) is 5.10 Å². The van der Waals surface area contributed by atoms with Crippen LogP contribution in [0.2, 0.25) is 0 Å². The number of fused-ring (bicyclic) bond motifs is 3. The first kappa shape index (κ1) is 22.2. The zero-order valence-electron chi connectivity index (χ0n) is 18.8. The van der Waals surface area contributed by atoms with Gasteiger partial charge in [0.1, 0.15) is 23.4 Å². The Bertz CT molecular complexity index is 1470. The molecule has 0 amide bonds. The van der Waals surface area contributed by atoms with Crippen LogP contribution in [0.1, 0.15) is 28.8 Å². The highest BCUT2D eigenvalue weighted by Gasteiger charge is 2.42. The van der Waals surface area contributed by atoms with Crippen LogP contribution in [0.3, 0.4) is 0 Å². The van der Waals surface area contributed by atoms with Crippen molar-refractivity contribution in [3.63, 3.8) is 0 Å². The maximum atomic E-state index is 13.9. The number of anilines is 1. The molecule has 0 radical (unpaired) electrons. The third-order valence-electron chi connectivity index (χ3n) is 6.20. The molecule has 1 aromatic heterocycles. The van der Waals surface area contributed by atoms with Crippen molar-refractivity contribution in [1.82, 2.24) is 14.8 Å². The van der Waals surface area contributed by atoms with E-state index in [9.17, 15) is 4.39 Å². The lowest BCUT2D eigenvalue weighted by Gasteiger charge is -2.39. The fraction of sp³-hybridized carbons (Fsp3) is 0.154. The summed E-state index contributed by atoms with van der Waals surface area (Å²) < 4.78 is 29.1. The summed E-state index contributed by atoms with van der Waals surface area (Å²) in [7, 11) is 1.65. The summed E-state index contributed by atoms with van der Waals surface area (Å²) in [6.45, 7) is 0. The molecule has 4 aromatic rings. The lowest BCUT2D eigenvalue weighted by atomic mass is 9.84. The number of rotatable bonds is 4. The predicted molar refractivity (Wildman–Crippen MR) is 137 cm³/mol. The third kappa shape index (κ3) is 3.70. The molecule has 35 heavy (non-hydrogen) atoms. The van der Waals surface area contributed by atoms with Gasteiger partial charge in [0.15, 0.2) is 6.10 Å². The Morgan fingerprint density at radius 2 is 1.91 bits per heavy atom. The zero-order chi connectivity index (χ0) is 24.1. The third-order valence-corrected chi connectivity index (χ3v) is 7.23. The van der Waals surface area contributed by atoms with Gasteiger partial charge in [-0.05, 0) is 54.3 Å². The van der Waals surface area contributed by atoms with Gasteiger partial charge in [-0.3, -0.25) is 0 Å². The van der Waals surface area contributed by atoms with Gasteiger partial charge in [-0.2, -0.15) is 4.98 Å². The van der Waals surface area contributed by atoms with E-state index in [4.69, 9.17) is 19.6 Å². The van der Waals surface area contributed by atoms with Gasteiger partial charge in [-0.1, -0.05) is 52.0 Å². The maximum absolute atomic E-state index is 13.9. The highest BCUT2D eigenvalue weighted by molar-refractivity contribution is 9.10. The normalized spacial score (nSPS) is 18.2. The molecular formula is C26H20BrFN4O2S. The average Bonchev–Trinajstić information content (AvgIpc) is 3.30. The van der Waals surface area contributed by atoms with E-state index in [1.807, 2.05) is 53.4 Å². The first-order valence-electron chi connectivity index (χ1n) is 10.9. The van der Waals surface area contributed by atoms with Crippen molar-refractivity contribution < 1.29 is 13.9 Å². The van der Waals surface area contributed by atoms with Crippen molar-refractivity contribution in [2.75, 3.05) is 18.7 Å². The Kier molecular flexibility index (Phi) is 5.53. The number of benzene rings is 3. The number of halogens is 2. The minimum Gasteiger partial charge on any atom is -0.496 e. The number of ether oxygens (including phenoxy) is 2. The van der Waals surface area contributed by atoms with Crippen molar-refractivity contribution in [2.24, 2.45) is 0 Å². The number of hydrogen-bond donors (Lipinski definition) is 1. The first-order chi connectivity index (χ1) is 17.1. The highest BCUT2D eigenvalue weighted by atomic mass is 79.9. The monoisotopic (exact) mass is 550 g/mol. The van der Waals surface area contributed by atoms with Crippen LogP contribution in [-0.2, 0) is 0 Å². The van der Waals surface area contributed by atoms with Gasteiger partial charge in [0, 0.05) is 21.2 Å². The molecule has 0 aliphatic carbocycles. The summed E-state index contributed by atoms with van der Waals surface area (Å²) in [5, 5.41) is 8.93. The molecule has 6 nitrogen and oxygen atoms in total. The Morgan fingerprint density at radius 3 is 2.69 bits per heavy atom. The molecule has 0 saturated carbocycles. The Balaban J connectivity index is 1.65. The van der Waals surface area contributed by atoms with E-state index in [0.717, 1.165) is 38.2 Å². The number of hydrogen-bond acceptors (Lipinski definition) is 6. The van der Waals surface area contributed by atoms with Crippen molar-refractivity contribution in [3.8, 4) is 11.5 Å². The van der Waals surface area contributed by atoms with Gasteiger partial charge in [0.2, 0.25) is 11.1 Å². The van der Waals surface area contributed by atoms with Crippen LogP contribution < -0.4 is 14.8 Å². The number of methoxy groups -OCH3 is 1. The van der Waals surface area contributed by atoms with Crippen molar-refractivity contribution in [3.05, 3.63) is 99.3 Å². The van der Waals surface area contributed by atoms with E-state index in [1.165, 1.54) is 23.9 Å². The molecule has 0 saturated heterocycles. The molecule has 6 rings (SSSR count). The van der Waals surface area contributed by atoms with Gasteiger partial charge >= 0.3 is 0 Å². The van der Waals surface area contributed by atoms with E-state index in [0.29, 0.717) is 16.9 Å². The summed E-state index contributed by atoms with van der Waals surface area (Å²) in [6.07, 6.45) is 1.44. The molecule has 0 spiro atoms. The summed E-state index contributed by atoms with van der Waals surface area (Å²) in [6, 6.07) is 19.9. The van der Waals surface area contributed by atoms with Gasteiger partial charge < -0.3 is 14.8 Å². The molecule has 9 heteroatoms. The average molecular weight is 551 g/mol. The molecule has 176 valence electrons. The van der Waals surface area contributed by atoms with Crippen LogP contribution in [-0.4, -0.2) is 28.1 Å². The lowest BCUT2D eigenvalue weighted by Crippen LogP contribution is -2.32. The topological polar surface area (TPSA) is 61.2 Å². The van der Waals surface area contributed by atoms with Crippen molar-refractivity contribution >= 4 is 39.3 Å². The smallest absolute Gasteiger partial charge is 0.227 e. The number of nitrogens with zero attached hydrogens (tertiary/aromatic N) is 3. The predicted octanol–water partition coefficient (Wildman–Crippen LogP) is 6.47. The highest BCUT2D eigenvalue weighted by Crippen LogP contribution is 2.52. The van der Waals surface area contributed by atoms with Crippen molar-refractivity contribution in [1.29, 1.82) is 0 Å². The number of thioether (sulfide) groups is 1. The lowest BCUT2D eigenvalue weighted by molar-refractivity contribution is 0.217. The molecule has 0 unspecified atom stereocenters. The van der Waals surface area contributed by atoms with E-state index >= 15 is 0 Å². The van der Waals surface area contributed by atoms with Crippen molar-refractivity contribution in [2.45, 2.75) is 17.3 Å². The number of aromatic nitrogens is 3. The van der Waals surface area contributed by atoms with Crippen LogP contribution in [0.5, 0.6) is 11.5 Å². The molecule has 2 aliphatic rings. The fourth-order valence-corrected chi connectivity index (χ4v) is 5.40. The Hall–Kier alpha value is -3.30. The molecule has 2 atom stereocenters. The zero-order valence-corrected chi connectivity index (χ0v) is 21.2. The summed E-state index contributed by atoms with van der Waals surface area (Å²) in [5.41, 5.74) is 4.52. The summed E-state index contributed by atoms with van der Waals surface area (Å²) >= 11 is 5.07. The SMILES string of the molecule is COc1ccc(Br)cc1[C@@H]1Oc2ccccc2C2=C1[C@@H](c1ccc(F)cc1)n1nc(SC)nc1N2. The number of nitrogens with one attached hydrogen (secondary N) is 1. The van der Waals surface area contributed by atoms with Crippen LogP contribution in [0, 0.1) is 5.82 Å². The molecule has 0 fully saturated rings. The van der Waals surface area contributed by atoms with Crippen LogP contribution >= 0.6 is 27.7 Å². The largest absolute Gasteiger partial charge is 0.496 e. The Labute approximate surface area is 214 Å². The second-order valence-corrected chi connectivity index (χ2v) is 9.85. The first-order valence-corrected chi connectivity index (χ1v) is 13.0. The molecule has 3 aromatic carbocycles. The van der Waals surface area contributed by atoms with E-state index in [-0.39, 0.29) is 11.9 Å². The van der Waals surface area contributed by atoms with E-state index in [2.05, 4.69) is 21.2 Å². The van der Waals surface area contributed by atoms with Crippen LogP contribution in [0.4, 0.5) is 10.3 Å². The van der Waals surface area contributed by atoms with Gasteiger partial charge in [-0.25, -0.2) is 9.07 Å². The molecule has 0 bridgehead atoms. The van der Waals surface area contributed by atoms with E-state index < -0.39 is 6.10 Å². The molecule has 3 heterocycles. The van der Waals surface area contributed by atoms with Crippen LogP contribution in [0.15, 0.2) is 81.9 Å². The number of para-hydroxylation sites is 1. The molecular weight excluding hydrogens is 531 g/mol. The second-order valence-electron chi connectivity index (χ2n) is 8.16. The minimum atomic E-state index is -0.495. The van der Waals surface area contributed by atoms with Gasteiger partial charge in [0.25, 0.3) is 0 Å². The molecule has 1 N–H and O–H groups in total. The summed E-state index contributed by atoms with van der Waals surface area (Å²) in [4.78, 5) is 4.69. The quantitative estimate of drug-likeness (QED) is 0.294. The fourth-order valence-electron chi connectivity index (χ4n) is 4.68. The van der Waals surface area contributed by atoms with E-state index in [1.54, 1.807) is 19.2 Å². The van der Waals surface area contributed by atoms with Crippen LogP contribution in [0.25, 0.3) is 5.70 Å². The maximum Gasteiger partial charge on any atom is 0.227 e. The standard InChI is InChI=1S/C26H20BrFN4O2S/c1-33-19-12-9-15(27)13-18(19)24-21-22(17-5-3-4-6-20(17)34-24)29-25-30-26(35-2)31-32(25)23(21)14-7-10-16(28)11-8-14/h3-13,23-24H,1-2H3,(H,29,30,31)/t23-,24+/m1/s1. The second kappa shape index (κ2) is 8.73. The summed E-state index contributed by atoms with van der Waals surface area (Å²) in [5.74, 6) is 1.79.